The molecule has 0 amide bonds. The Morgan fingerprint density at radius 3 is 3.19 bits per heavy atom. The van der Waals surface area contributed by atoms with Gasteiger partial charge in [-0.25, -0.2) is 0 Å². The van der Waals surface area contributed by atoms with Gasteiger partial charge in [-0.2, -0.15) is 14.8 Å². The lowest BCUT2D eigenvalue weighted by Crippen LogP contribution is -2.05. The van der Waals surface area contributed by atoms with Crippen LogP contribution in [0.5, 0.6) is 0 Å². The van der Waals surface area contributed by atoms with E-state index in [4.69, 9.17) is 4.42 Å². The molecule has 5 nitrogen and oxygen atoms in total. The van der Waals surface area contributed by atoms with E-state index in [1.807, 2.05) is 19.3 Å². The van der Waals surface area contributed by atoms with Crippen molar-refractivity contribution in [3.05, 3.63) is 29.9 Å². The Kier molecular flexibility index (Phi) is 2.25. The summed E-state index contributed by atoms with van der Waals surface area (Å²) in [6, 6.07) is 2.58. The van der Waals surface area contributed by atoms with Crippen LogP contribution in [0.3, 0.4) is 0 Å². The fourth-order valence-electron chi connectivity index (χ4n) is 1.71. The molecular formula is C11H14N4O. The van der Waals surface area contributed by atoms with Crippen molar-refractivity contribution in [1.29, 1.82) is 0 Å². The molecule has 5 heteroatoms. The van der Waals surface area contributed by atoms with Gasteiger partial charge in [-0.05, 0) is 26.0 Å². The highest BCUT2D eigenvalue weighted by molar-refractivity contribution is 5.17. The normalized spacial score (nSPS) is 15.6. The molecule has 0 spiro atoms. The monoisotopic (exact) mass is 218 g/mol. The molecule has 0 radical (unpaired) electrons. The van der Waals surface area contributed by atoms with E-state index in [1.54, 1.807) is 10.9 Å². The predicted molar refractivity (Wildman–Crippen MR) is 58.4 cm³/mol. The predicted octanol–water partition coefficient (Wildman–Crippen LogP) is 1.46. The Balaban J connectivity index is 1.83. The van der Waals surface area contributed by atoms with Crippen molar-refractivity contribution < 1.29 is 4.42 Å². The summed E-state index contributed by atoms with van der Waals surface area (Å²) in [5, 5.41) is 7.49. The molecule has 1 saturated carbocycles. The molecular weight excluding hydrogens is 204 g/mol. The third kappa shape index (κ3) is 1.74. The molecule has 0 unspecified atom stereocenters. The molecule has 0 bridgehead atoms. The van der Waals surface area contributed by atoms with E-state index in [9.17, 15) is 0 Å². The SMILES string of the molecule is CNCc1coc(-n2ccc(C3CC3)n2)n1. The second-order valence-corrected chi connectivity index (χ2v) is 4.11. The van der Waals surface area contributed by atoms with Crippen LogP contribution >= 0.6 is 0 Å². The number of rotatable bonds is 4. The van der Waals surface area contributed by atoms with Crippen molar-refractivity contribution in [2.24, 2.45) is 0 Å². The zero-order chi connectivity index (χ0) is 11.0. The second kappa shape index (κ2) is 3.75. The van der Waals surface area contributed by atoms with Gasteiger partial charge >= 0.3 is 6.01 Å². The number of aromatic nitrogens is 3. The van der Waals surface area contributed by atoms with Crippen molar-refractivity contribution in [3.63, 3.8) is 0 Å². The Morgan fingerprint density at radius 2 is 2.44 bits per heavy atom. The summed E-state index contributed by atoms with van der Waals surface area (Å²) in [6.07, 6.45) is 6.08. The second-order valence-electron chi connectivity index (χ2n) is 4.11. The van der Waals surface area contributed by atoms with Gasteiger partial charge in [0.2, 0.25) is 0 Å². The number of nitrogens with zero attached hydrogens (tertiary/aromatic N) is 3. The van der Waals surface area contributed by atoms with Crippen molar-refractivity contribution in [3.8, 4) is 6.01 Å². The van der Waals surface area contributed by atoms with Gasteiger partial charge in [0.15, 0.2) is 0 Å². The van der Waals surface area contributed by atoms with Gasteiger partial charge in [-0.15, -0.1) is 0 Å². The summed E-state index contributed by atoms with van der Waals surface area (Å²) in [5.74, 6) is 0.660. The zero-order valence-corrected chi connectivity index (χ0v) is 9.18. The van der Waals surface area contributed by atoms with Crippen LogP contribution < -0.4 is 5.32 Å². The molecule has 0 aliphatic heterocycles. The molecule has 16 heavy (non-hydrogen) atoms. The summed E-state index contributed by atoms with van der Waals surface area (Å²) in [5.41, 5.74) is 2.04. The molecule has 2 heterocycles. The van der Waals surface area contributed by atoms with Crippen molar-refractivity contribution in [1.82, 2.24) is 20.1 Å². The molecule has 2 aromatic rings. The van der Waals surface area contributed by atoms with Crippen LogP contribution in [-0.2, 0) is 6.54 Å². The number of nitrogens with one attached hydrogen (secondary N) is 1. The first-order valence-electron chi connectivity index (χ1n) is 5.52. The minimum Gasteiger partial charge on any atom is -0.430 e. The summed E-state index contributed by atoms with van der Waals surface area (Å²) >= 11 is 0. The van der Waals surface area contributed by atoms with Gasteiger partial charge in [-0.1, -0.05) is 0 Å². The number of oxazole rings is 1. The van der Waals surface area contributed by atoms with E-state index in [2.05, 4.69) is 15.4 Å². The van der Waals surface area contributed by atoms with E-state index in [1.165, 1.54) is 12.8 Å². The number of hydrogen-bond donors (Lipinski definition) is 1. The maximum atomic E-state index is 5.37. The van der Waals surface area contributed by atoms with E-state index >= 15 is 0 Å². The molecule has 0 atom stereocenters. The van der Waals surface area contributed by atoms with Gasteiger partial charge in [0.05, 0.1) is 11.4 Å². The van der Waals surface area contributed by atoms with Crippen LogP contribution in [0.1, 0.15) is 30.1 Å². The van der Waals surface area contributed by atoms with Gasteiger partial charge in [-0.3, -0.25) is 0 Å². The Labute approximate surface area is 93.5 Å². The summed E-state index contributed by atoms with van der Waals surface area (Å²) in [7, 11) is 1.88. The third-order valence-electron chi connectivity index (χ3n) is 2.70. The highest BCUT2D eigenvalue weighted by Gasteiger charge is 2.26. The highest BCUT2D eigenvalue weighted by atomic mass is 16.4. The smallest absolute Gasteiger partial charge is 0.322 e. The molecule has 84 valence electrons. The minimum atomic E-state index is 0.539. The first-order chi connectivity index (χ1) is 7.86. The van der Waals surface area contributed by atoms with Crippen molar-refractivity contribution in [2.45, 2.75) is 25.3 Å². The summed E-state index contributed by atoms with van der Waals surface area (Å²) < 4.78 is 7.07. The van der Waals surface area contributed by atoms with Gasteiger partial charge in [0, 0.05) is 18.7 Å². The molecule has 3 rings (SSSR count). The largest absolute Gasteiger partial charge is 0.430 e. The van der Waals surface area contributed by atoms with Crippen LogP contribution in [0.2, 0.25) is 0 Å². The fourth-order valence-corrected chi connectivity index (χ4v) is 1.71. The van der Waals surface area contributed by atoms with Gasteiger partial charge in [0.1, 0.15) is 6.26 Å². The average molecular weight is 218 g/mol. The minimum absolute atomic E-state index is 0.539. The van der Waals surface area contributed by atoms with Crippen molar-refractivity contribution in [2.75, 3.05) is 7.05 Å². The van der Waals surface area contributed by atoms with Crippen LogP contribution in [0.15, 0.2) is 22.9 Å². The molecule has 0 saturated heterocycles. The molecule has 0 aromatic carbocycles. The van der Waals surface area contributed by atoms with Crippen molar-refractivity contribution >= 4 is 0 Å². The first kappa shape index (κ1) is 9.59. The molecule has 1 N–H and O–H groups in total. The van der Waals surface area contributed by atoms with E-state index in [-0.39, 0.29) is 0 Å². The number of hydrogen-bond acceptors (Lipinski definition) is 4. The summed E-state index contributed by atoms with van der Waals surface area (Å²) in [6.45, 7) is 0.709. The quantitative estimate of drug-likeness (QED) is 0.844. The topological polar surface area (TPSA) is 55.9 Å². The molecule has 2 aromatic heterocycles. The van der Waals surface area contributed by atoms with E-state index in [0.29, 0.717) is 18.5 Å². The Morgan fingerprint density at radius 1 is 1.56 bits per heavy atom. The fraction of sp³-hybridized carbons (Fsp3) is 0.455. The molecule has 1 aliphatic carbocycles. The summed E-state index contributed by atoms with van der Waals surface area (Å²) in [4.78, 5) is 4.33. The Bertz CT molecular complexity index is 484. The average Bonchev–Trinajstić information content (AvgIpc) is 2.85. The van der Waals surface area contributed by atoms with E-state index < -0.39 is 0 Å². The first-order valence-corrected chi connectivity index (χ1v) is 5.52. The van der Waals surface area contributed by atoms with Crippen LogP contribution in [0.25, 0.3) is 6.01 Å². The zero-order valence-electron chi connectivity index (χ0n) is 9.18. The Hall–Kier alpha value is -1.62. The highest BCUT2D eigenvalue weighted by Crippen LogP contribution is 2.38. The van der Waals surface area contributed by atoms with Crippen LogP contribution in [0.4, 0.5) is 0 Å². The maximum Gasteiger partial charge on any atom is 0.322 e. The molecule has 1 aliphatic rings. The lowest BCUT2D eigenvalue weighted by molar-refractivity contribution is 0.507. The standard InChI is InChI=1S/C11H14N4O/c1-12-6-9-7-16-11(13-9)15-5-4-10(14-15)8-2-3-8/h4-5,7-8,12H,2-3,6H2,1H3. The third-order valence-corrected chi connectivity index (χ3v) is 2.70. The maximum absolute atomic E-state index is 5.37. The lowest BCUT2D eigenvalue weighted by atomic mass is 10.3. The van der Waals surface area contributed by atoms with Crippen LogP contribution in [0, 0.1) is 0 Å². The van der Waals surface area contributed by atoms with Crippen LogP contribution in [-0.4, -0.2) is 21.8 Å². The lowest BCUT2D eigenvalue weighted by Gasteiger charge is -1.92. The van der Waals surface area contributed by atoms with E-state index in [0.717, 1.165) is 11.4 Å². The van der Waals surface area contributed by atoms with Gasteiger partial charge in [0.25, 0.3) is 0 Å². The van der Waals surface area contributed by atoms with Gasteiger partial charge < -0.3 is 9.73 Å². The molecule has 1 fully saturated rings.